The molecule has 0 spiro atoms. The number of piperidine rings is 1. The van der Waals surface area contributed by atoms with Crippen LogP contribution in [0.2, 0.25) is 0 Å². The summed E-state index contributed by atoms with van der Waals surface area (Å²) in [4.78, 5) is 15.0. The normalized spacial score (nSPS) is 16.0. The molecule has 144 valence electrons. The maximum Gasteiger partial charge on any atom is 0.261 e. The van der Waals surface area contributed by atoms with Crippen LogP contribution in [-0.2, 0) is 4.74 Å². The van der Waals surface area contributed by atoms with Crippen LogP contribution in [0.4, 0.5) is 0 Å². The van der Waals surface area contributed by atoms with Crippen molar-refractivity contribution in [1.29, 1.82) is 0 Å². The van der Waals surface area contributed by atoms with E-state index in [9.17, 15) is 4.79 Å². The standard InChI is InChI=1S/C22H27NO4/c1-25-18-10-7-11-19(26-2)20(18)22(24)23-14-12-17(13-15-23)21(27-3)16-8-5-4-6-9-16/h4-11,17,21H,12-15H2,1-3H3. The average Bonchev–Trinajstić information content (AvgIpc) is 2.74. The van der Waals surface area contributed by atoms with E-state index in [-0.39, 0.29) is 12.0 Å². The van der Waals surface area contributed by atoms with Gasteiger partial charge < -0.3 is 19.1 Å². The van der Waals surface area contributed by atoms with Gasteiger partial charge in [0.2, 0.25) is 0 Å². The molecule has 1 heterocycles. The van der Waals surface area contributed by atoms with Gasteiger partial charge in [-0.1, -0.05) is 36.4 Å². The lowest BCUT2D eigenvalue weighted by atomic mass is 9.87. The number of carbonyl (C=O) groups is 1. The molecule has 2 aromatic carbocycles. The highest BCUT2D eigenvalue weighted by Gasteiger charge is 2.31. The molecule has 0 N–H and O–H groups in total. The quantitative estimate of drug-likeness (QED) is 0.774. The van der Waals surface area contributed by atoms with E-state index in [1.165, 1.54) is 5.56 Å². The summed E-state index contributed by atoms with van der Waals surface area (Å²) in [6.45, 7) is 1.38. The highest BCUT2D eigenvalue weighted by Crippen LogP contribution is 2.35. The van der Waals surface area contributed by atoms with Crippen LogP contribution in [0.5, 0.6) is 11.5 Å². The van der Waals surface area contributed by atoms with E-state index in [0.717, 1.165) is 12.8 Å². The van der Waals surface area contributed by atoms with Crippen LogP contribution in [0.3, 0.4) is 0 Å². The molecule has 1 fully saturated rings. The maximum atomic E-state index is 13.1. The van der Waals surface area contributed by atoms with Gasteiger partial charge >= 0.3 is 0 Å². The molecular weight excluding hydrogens is 342 g/mol. The van der Waals surface area contributed by atoms with Crippen LogP contribution in [-0.4, -0.2) is 45.2 Å². The van der Waals surface area contributed by atoms with Gasteiger partial charge in [0.05, 0.1) is 20.3 Å². The lowest BCUT2D eigenvalue weighted by Crippen LogP contribution is -2.40. The first-order valence-electron chi connectivity index (χ1n) is 9.27. The molecule has 3 rings (SSSR count). The number of rotatable bonds is 6. The molecule has 1 atom stereocenters. The Hall–Kier alpha value is -2.53. The van der Waals surface area contributed by atoms with E-state index in [0.29, 0.717) is 36.1 Å². The van der Waals surface area contributed by atoms with Crippen LogP contribution < -0.4 is 9.47 Å². The van der Waals surface area contributed by atoms with Crippen LogP contribution in [0.25, 0.3) is 0 Å². The second-order valence-corrected chi connectivity index (χ2v) is 6.73. The van der Waals surface area contributed by atoms with Crippen LogP contribution in [0, 0.1) is 5.92 Å². The fourth-order valence-electron chi connectivity index (χ4n) is 3.87. The minimum absolute atomic E-state index is 0.0450. The summed E-state index contributed by atoms with van der Waals surface area (Å²) in [6, 6.07) is 15.7. The van der Waals surface area contributed by atoms with Crippen molar-refractivity contribution in [2.45, 2.75) is 18.9 Å². The zero-order valence-corrected chi connectivity index (χ0v) is 16.2. The van der Waals surface area contributed by atoms with Gasteiger partial charge in [-0.3, -0.25) is 4.79 Å². The Morgan fingerprint density at radius 1 is 0.926 bits per heavy atom. The number of amides is 1. The third kappa shape index (κ3) is 4.08. The smallest absolute Gasteiger partial charge is 0.261 e. The van der Waals surface area contributed by atoms with E-state index in [1.54, 1.807) is 33.5 Å². The Morgan fingerprint density at radius 3 is 2.04 bits per heavy atom. The second kappa shape index (κ2) is 8.91. The van der Waals surface area contributed by atoms with Gasteiger partial charge in [0.25, 0.3) is 5.91 Å². The molecule has 1 saturated heterocycles. The third-order valence-corrected chi connectivity index (χ3v) is 5.28. The number of hydrogen-bond donors (Lipinski definition) is 0. The SMILES string of the molecule is COc1cccc(OC)c1C(=O)N1CCC(C(OC)c2ccccc2)CC1. The number of ether oxygens (including phenoxy) is 3. The number of benzene rings is 2. The van der Waals surface area contributed by atoms with E-state index in [4.69, 9.17) is 14.2 Å². The fourth-order valence-corrected chi connectivity index (χ4v) is 3.87. The van der Waals surface area contributed by atoms with Gasteiger partial charge in [0.15, 0.2) is 0 Å². The van der Waals surface area contributed by atoms with Crippen molar-refractivity contribution in [3.05, 3.63) is 59.7 Å². The first-order valence-corrected chi connectivity index (χ1v) is 9.27. The molecule has 0 saturated carbocycles. The molecule has 5 nitrogen and oxygen atoms in total. The number of nitrogens with zero attached hydrogens (tertiary/aromatic N) is 1. The van der Waals surface area contributed by atoms with Crippen molar-refractivity contribution in [1.82, 2.24) is 4.90 Å². The molecule has 0 aliphatic carbocycles. The van der Waals surface area contributed by atoms with Crippen LogP contribution in [0.15, 0.2) is 48.5 Å². The summed E-state index contributed by atoms with van der Waals surface area (Å²) >= 11 is 0. The molecule has 1 unspecified atom stereocenters. The minimum atomic E-state index is -0.0450. The molecule has 27 heavy (non-hydrogen) atoms. The first-order chi connectivity index (χ1) is 13.2. The predicted octanol–water partition coefficient (Wildman–Crippen LogP) is 3.94. The van der Waals surface area contributed by atoms with Gasteiger partial charge in [-0.15, -0.1) is 0 Å². The monoisotopic (exact) mass is 369 g/mol. The van der Waals surface area contributed by atoms with Crippen molar-refractivity contribution >= 4 is 5.91 Å². The van der Waals surface area contributed by atoms with Crippen molar-refractivity contribution in [3.8, 4) is 11.5 Å². The Labute approximate surface area is 160 Å². The summed E-state index contributed by atoms with van der Waals surface area (Å²) in [7, 11) is 4.90. The molecule has 0 aromatic heterocycles. The number of carbonyl (C=O) groups excluding carboxylic acids is 1. The number of methoxy groups -OCH3 is 3. The maximum absolute atomic E-state index is 13.1. The van der Waals surface area contributed by atoms with E-state index >= 15 is 0 Å². The first kappa shape index (κ1) is 19.2. The van der Waals surface area contributed by atoms with Gasteiger partial charge in [-0.05, 0) is 36.5 Å². The van der Waals surface area contributed by atoms with Crippen molar-refractivity contribution in [2.75, 3.05) is 34.4 Å². The number of likely N-dealkylation sites (tertiary alicyclic amines) is 1. The van der Waals surface area contributed by atoms with Crippen molar-refractivity contribution in [2.24, 2.45) is 5.92 Å². The lowest BCUT2D eigenvalue weighted by Gasteiger charge is -2.36. The minimum Gasteiger partial charge on any atom is -0.496 e. The van der Waals surface area contributed by atoms with Gasteiger partial charge in [-0.2, -0.15) is 0 Å². The molecule has 2 aromatic rings. The van der Waals surface area contributed by atoms with Crippen molar-refractivity contribution in [3.63, 3.8) is 0 Å². The number of hydrogen-bond acceptors (Lipinski definition) is 4. The Kier molecular flexibility index (Phi) is 6.35. The summed E-state index contributed by atoms with van der Waals surface area (Å²) in [6.07, 6.45) is 1.86. The van der Waals surface area contributed by atoms with Crippen LogP contribution in [0.1, 0.15) is 34.9 Å². The molecule has 1 amide bonds. The van der Waals surface area contributed by atoms with Gasteiger partial charge in [0.1, 0.15) is 17.1 Å². The molecule has 0 radical (unpaired) electrons. The highest BCUT2D eigenvalue weighted by atomic mass is 16.5. The highest BCUT2D eigenvalue weighted by molar-refractivity contribution is 5.99. The second-order valence-electron chi connectivity index (χ2n) is 6.73. The Morgan fingerprint density at radius 2 is 1.52 bits per heavy atom. The van der Waals surface area contributed by atoms with Crippen molar-refractivity contribution < 1.29 is 19.0 Å². The Bertz CT molecular complexity index is 732. The summed E-state index contributed by atoms with van der Waals surface area (Å²) in [5.74, 6) is 1.43. The largest absolute Gasteiger partial charge is 0.496 e. The summed E-state index contributed by atoms with van der Waals surface area (Å²) in [5, 5.41) is 0. The third-order valence-electron chi connectivity index (χ3n) is 5.28. The van der Waals surface area contributed by atoms with E-state index < -0.39 is 0 Å². The topological polar surface area (TPSA) is 48.0 Å². The summed E-state index contributed by atoms with van der Waals surface area (Å²) in [5.41, 5.74) is 1.68. The molecular formula is C22H27NO4. The van der Waals surface area contributed by atoms with Gasteiger partial charge in [0, 0.05) is 20.2 Å². The predicted molar refractivity (Wildman–Crippen MR) is 104 cm³/mol. The summed E-state index contributed by atoms with van der Waals surface area (Å²) < 4.78 is 16.6. The van der Waals surface area contributed by atoms with Gasteiger partial charge in [-0.25, -0.2) is 0 Å². The molecule has 1 aliphatic heterocycles. The van der Waals surface area contributed by atoms with E-state index in [1.807, 2.05) is 29.2 Å². The fraction of sp³-hybridized carbons (Fsp3) is 0.409. The average molecular weight is 369 g/mol. The Balaban J connectivity index is 1.72. The lowest BCUT2D eigenvalue weighted by molar-refractivity contribution is 0.0193. The zero-order chi connectivity index (χ0) is 19.2. The van der Waals surface area contributed by atoms with Crippen LogP contribution >= 0.6 is 0 Å². The molecule has 5 heteroatoms. The molecule has 1 aliphatic rings. The van der Waals surface area contributed by atoms with E-state index in [2.05, 4.69) is 12.1 Å². The zero-order valence-electron chi connectivity index (χ0n) is 16.2. The molecule has 0 bridgehead atoms.